The minimum absolute atomic E-state index is 0.130. The molecule has 0 aromatic carbocycles. The molecule has 1 aromatic heterocycles. The second kappa shape index (κ2) is 4.84. The van der Waals surface area contributed by atoms with Gasteiger partial charge in [0.2, 0.25) is 0 Å². The standard InChI is InChI=1S/C14H18N2O3S/c1-7-12(20-8(2)15-7)13(17)16-6-9-4-3-5-10(9)11(16)14(18)19/h9-11H,3-6H2,1-2H3,(H,18,19). The van der Waals surface area contributed by atoms with Crippen molar-refractivity contribution in [1.29, 1.82) is 0 Å². The Morgan fingerprint density at radius 2 is 2.10 bits per heavy atom. The van der Waals surface area contributed by atoms with Gasteiger partial charge in [0.25, 0.3) is 5.91 Å². The van der Waals surface area contributed by atoms with E-state index in [-0.39, 0.29) is 11.8 Å². The summed E-state index contributed by atoms with van der Waals surface area (Å²) in [5.41, 5.74) is 0.707. The third-order valence-corrected chi connectivity index (χ3v) is 5.56. The molecule has 1 aromatic rings. The van der Waals surface area contributed by atoms with Gasteiger partial charge in [0, 0.05) is 6.54 Å². The first-order valence-corrected chi connectivity index (χ1v) is 7.78. The van der Waals surface area contributed by atoms with Crippen molar-refractivity contribution in [3.8, 4) is 0 Å². The maximum atomic E-state index is 12.7. The molecular weight excluding hydrogens is 276 g/mol. The number of carbonyl (C=O) groups excluding carboxylic acids is 1. The highest BCUT2D eigenvalue weighted by Gasteiger charge is 2.50. The van der Waals surface area contributed by atoms with Crippen LogP contribution >= 0.6 is 11.3 Å². The summed E-state index contributed by atoms with van der Waals surface area (Å²) < 4.78 is 0. The van der Waals surface area contributed by atoms with E-state index >= 15 is 0 Å². The van der Waals surface area contributed by atoms with Crippen LogP contribution in [0.1, 0.15) is 39.6 Å². The number of thiazole rings is 1. The molecule has 2 aliphatic rings. The van der Waals surface area contributed by atoms with Gasteiger partial charge in [-0.05, 0) is 38.5 Å². The molecule has 1 aliphatic heterocycles. The summed E-state index contributed by atoms with van der Waals surface area (Å²) >= 11 is 1.36. The number of likely N-dealkylation sites (tertiary alicyclic amines) is 1. The van der Waals surface area contributed by atoms with Gasteiger partial charge in [-0.3, -0.25) is 4.79 Å². The summed E-state index contributed by atoms with van der Waals surface area (Å²) in [6, 6.07) is -0.656. The molecule has 3 rings (SSSR count). The second-order valence-electron chi connectivity index (χ2n) is 5.74. The first kappa shape index (κ1) is 13.5. The van der Waals surface area contributed by atoms with Gasteiger partial charge in [-0.2, -0.15) is 0 Å². The molecule has 0 radical (unpaired) electrons. The number of hydrogen-bond donors (Lipinski definition) is 1. The summed E-state index contributed by atoms with van der Waals surface area (Å²) in [6.45, 7) is 4.25. The van der Waals surface area contributed by atoms with Crippen LogP contribution in [0.2, 0.25) is 0 Å². The average molecular weight is 294 g/mol. The van der Waals surface area contributed by atoms with Crippen LogP contribution in [0.3, 0.4) is 0 Å². The van der Waals surface area contributed by atoms with Gasteiger partial charge in [-0.1, -0.05) is 6.42 Å². The summed E-state index contributed by atoms with van der Waals surface area (Å²) in [5.74, 6) is -0.540. The van der Waals surface area contributed by atoms with Crippen LogP contribution in [0.25, 0.3) is 0 Å². The summed E-state index contributed by atoms with van der Waals surface area (Å²) in [5, 5.41) is 10.3. The lowest BCUT2D eigenvalue weighted by atomic mass is 9.94. The number of carboxylic acid groups (broad SMARTS) is 1. The van der Waals surface area contributed by atoms with E-state index in [4.69, 9.17) is 0 Å². The second-order valence-corrected chi connectivity index (χ2v) is 6.95. The molecule has 5 nitrogen and oxygen atoms in total. The van der Waals surface area contributed by atoms with Gasteiger partial charge in [0.1, 0.15) is 10.9 Å². The number of hydrogen-bond acceptors (Lipinski definition) is 4. The van der Waals surface area contributed by atoms with Crippen LogP contribution in [-0.2, 0) is 4.79 Å². The molecule has 1 saturated carbocycles. The molecule has 2 heterocycles. The predicted molar refractivity (Wildman–Crippen MR) is 74.9 cm³/mol. The molecule has 2 fully saturated rings. The van der Waals surface area contributed by atoms with Gasteiger partial charge in [0.15, 0.2) is 0 Å². The Kier molecular flexibility index (Phi) is 3.28. The van der Waals surface area contributed by atoms with Gasteiger partial charge < -0.3 is 10.0 Å². The van der Waals surface area contributed by atoms with Crippen LogP contribution < -0.4 is 0 Å². The predicted octanol–water partition coefficient (Wildman–Crippen LogP) is 2.09. The largest absolute Gasteiger partial charge is 0.480 e. The van der Waals surface area contributed by atoms with E-state index in [0.717, 1.165) is 24.3 Å². The van der Waals surface area contributed by atoms with E-state index in [2.05, 4.69) is 4.98 Å². The van der Waals surface area contributed by atoms with Crippen LogP contribution in [0.5, 0.6) is 0 Å². The molecule has 3 atom stereocenters. The van der Waals surface area contributed by atoms with Crippen LogP contribution in [0.15, 0.2) is 0 Å². The molecule has 20 heavy (non-hydrogen) atoms. The average Bonchev–Trinajstić information content (AvgIpc) is 3.00. The van der Waals surface area contributed by atoms with Crippen molar-refractivity contribution in [3.05, 3.63) is 15.6 Å². The lowest BCUT2D eigenvalue weighted by molar-refractivity contribution is -0.142. The first-order valence-electron chi connectivity index (χ1n) is 6.97. The number of carboxylic acids is 1. The van der Waals surface area contributed by atoms with Crippen molar-refractivity contribution < 1.29 is 14.7 Å². The van der Waals surface area contributed by atoms with E-state index in [1.165, 1.54) is 11.3 Å². The molecule has 0 bridgehead atoms. The highest BCUT2D eigenvalue weighted by atomic mass is 32.1. The number of carbonyl (C=O) groups is 2. The van der Waals surface area contributed by atoms with Crippen LogP contribution in [0, 0.1) is 25.7 Å². The highest BCUT2D eigenvalue weighted by Crippen LogP contribution is 2.43. The molecule has 0 spiro atoms. The monoisotopic (exact) mass is 294 g/mol. The summed E-state index contributed by atoms with van der Waals surface area (Å²) in [4.78, 5) is 30.7. The zero-order valence-corrected chi connectivity index (χ0v) is 12.4. The zero-order chi connectivity index (χ0) is 14.4. The lowest BCUT2D eigenvalue weighted by Gasteiger charge is -2.24. The molecule has 6 heteroatoms. The van der Waals surface area contributed by atoms with Gasteiger partial charge in [-0.15, -0.1) is 11.3 Å². The van der Waals surface area contributed by atoms with Crippen molar-refractivity contribution in [2.75, 3.05) is 6.54 Å². The smallest absolute Gasteiger partial charge is 0.326 e. The van der Waals surface area contributed by atoms with Crippen molar-refractivity contribution in [2.45, 2.75) is 39.2 Å². The number of aryl methyl sites for hydroxylation is 2. The normalized spacial score (nSPS) is 28.7. The molecular formula is C14H18N2O3S. The van der Waals surface area contributed by atoms with E-state index in [0.29, 0.717) is 23.0 Å². The van der Waals surface area contributed by atoms with Gasteiger partial charge >= 0.3 is 5.97 Å². The first-order chi connectivity index (χ1) is 9.49. The van der Waals surface area contributed by atoms with E-state index in [1.54, 1.807) is 4.90 Å². The van der Waals surface area contributed by atoms with Crippen LogP contribution in [-0.4, -0.2) is 39.5 Å². The minimum Gasteiger partial charge on any atom is -0.480 e. The van der Waals surface area contributed by atoms with Gasteiger partial charge in [0.05, 0.1) is 10.7 Å². The topological polar surface area (TPSA) is 70.5 Å². The number of aromatic nitrogens is 1. The molecule has 1 amide bonds. The fourth-order valence-corrected chi connectivity index (χ4v) is 4.57. The quantitative estimate of drug-likeness (QED) is 0.906. The lowest BCUT2D eigenvalue weighted by Crippen LogP contribution is -2.43. The molecule has 1 N–H and O–H groups in total. The molecule has 1 aliphatic carbocycles. The minimum atomic E-state index is -0.869. The molecule has 1 saturated heterocycles. The van der Waals surface area contributed by atoms with E-state index < -0.39 is 12.0 Å². The van der Waals surface area contributed by atoms with Crippen molar-refractivity contribution >= 4 is 23.2 Å². The van der Waals surface area contributed by atoms with Crippen LogP contribution in [0.4, 0.5) is 0 Å². The van der Waals surface area contributed by atoms with E-state index in [9.17, 15) is 14.7 Å². The third-order valence-electron chi connectivity index (χ3n) is 4.50. The van der Waals surface area contributed by atoms with Crippen molar-refractivity contribution in [2.24, 2.45) is 11.8 Å². The zero-order valence-electron chi connectivity index (χ0n) is 11.6. The Bertz CT molecular complexity index is 569. The third kappa shape index (κ3) is 2.02. The Labute approximate surface area is 121 Å². The molecule has 3 unspecified atom stereocenters. The maximum Gasteiger partial charge on any atom is 0.326 e. The Morgan fingerprint density at radius 3 is 2.70 bits per heavy atom. The fraction of sp³-hybridized carbons (Fsp3) is 0.643. The number of aliphatic carboxylic acids is 1. The Morgan fingerprint density at radius 1 is 1.35 bits per heavy atom. The Hall–Kier alpha value is -1.43. The molecule has 108 valence electrons. The Balaban J connectivity index is 1.91. The highest BCUT2D eigenvalue weighted by molar-refractivity contribution is 7.13. The van der Waals surface area contributed by atoms with Crippen molar-refractivity contribution in [3.63, 3.8) is 0 Å². The van der Waals surface area contributed by atoms with E-state index in [1.807, 2.05) is 13.8 Å². The number of rotatable bonds is 2. The maximum absolute atomic E-state index is 12.7. The fourth-order valence-electron chi connectivity index (χ4n) is 3.69. The van der Waals surface area contributed by atoms with Gasteiger partial charge in [-0.25, -0.2) is 9.78 Å². The SMILES string of the molecule is Cc1nc(C)c(C(=O)N2CC3CCCC3C2C(=O)O)s1. The number of fused-ring (bicyclic) bond motifs is 1. The number of nitrogens with zero attached hydrogens (tertiary/aromatic N) is 2. The number of amides is 1. The summed E-state index contributed by atoms with van der Waals surface area (Å²) in [7, 11) is 0. The summed E-state index contributed by atoms with van der Waals surface area (Å²) in [6.07, 6.45) is 3.05. The van der Waals surface area contributed by atoms with Crippen molar-refractivity contribution in [1.82, 2.24) is 9.88 Å².